The van der Waals surface area contributed by atoms with Crippen molar-refractivity contribution < 1.29 is 14.4 Å². The number of benzene rings is 1. The van der Waals surface area contributed by atoms with Crippen LogP contribution in [-0.2, 0) is 9.59 Å². The van der Waals surface area contributed by atoms with Crippen molar-refractivity contribution in [1.29, 1.82) is 0 Å². The topological polar surface area (TPSA) is 141 Å². The second-order valence-corrected chi connectivity index (χ2v) is 5.76. The maximum atomic E-state index is 12.2. The summed E-state index contributed by atoms with van der Waals surface area (Å²) in [6.45, 7) is 0. The van der Waals surface area contributed by atoms with Gasteiger partial charge in [-0.25, -0.2) is 9.97 Å². The summed E-state index contributed by atoms with van der Waals surface area (Å²) in [4.78, 5) is 44.0. The van der Waals surface area contributed by atoms with Crippen molar-refractivity contribution in [2.75, 3.05) is 0 Å². The highest BCUT2D eigenvalue weighted by atomic mass is 16.2. The van der Waals surface area contributed by atoms with Gasteiger partial charge in [0.05, 0.1) is 22.8 Å². The molecule has 1 aliphatic rings. The molecule has 0 saturated carbocycles. The number of hydrogen-bond donors (Lipinski definition) is 3. The van der Waals surface area contributed by atoms with Crippen LogP contribution < -0.4 is 16.8 Å². The molecular weight excluding hydrogens is 322 g/mol. The van der Waals surface area contributed by atoms with Crippen LogP contribution in [0.15, 0.2) is 30.3 Å². The first-order valence-electron chi connectivity index (χ1n) is 7.81. The van der Waals surface area contributed by atoms with Crippen molar-refractivity contribution >= 4 is 34.3 Å². The van der Waals surface area contributed by atoms with Crippen LogP contribution in [0.5, 0.6) is 0 Å². The highest BCUT2D eigenvalue weighted by Crippen LogP contribution is 2.24. The van der Waals surface area contributed by atoms with Gasteiger partial charge in [0.15, 0.2) is 5.78 Å². The number of aromatic nitrogens is 2. The summed E-state index contributed by atoms with van der Waals surface area (Å²) in [5.41, 5.74) is 13.0. The number of fused-ring (bicyclic) bond motifs is 2. The fourth-order valence-electron chi connectivity index (χ4n) is 2.53. The lowest BCUT2D eigenvalue weighted by Crippen LogP contribution is -2.41. The number of rotatable bonds is 5. The van der Waals surface area contributed by atoms with E-state index in [1.165, 1.54) is 0 Å². The zero-order valence-corrected chi connectivity index (χ0v) is 13.4. The maximum absolute atomic E-state index is 12.2. The Labute approximate surface area is 143 Å². The third-order valence-corrected chi connectivity index (χ3v) is 3.88. The first kappa shape index (κ1) is 16.7. The van der Waals surface area contributed by atoms with Crippen LogP contribution >= 0.6 is 0 Å². The molecule has 8 heteroatoms. The van der Waals surface area contributed by atoms with Gasteiger partial charge in [-0.1, -0.05) is 18.2 Å². The Morgan fingerprint density at radius 1 is 1.16 bits per heavy atom. The molecule has 2 amide bonds. The molecular formula is C17H17N5O3. The van der Waals surface area contributed by atoms with Crippen molar-refractivity contribution in [2.45, 2.75) is 25.3 Å². The Morgan fingerprint density at radius 3 is 2.44 bits per heavy atom. The molecule has 3 rings (SSSR count). The molecule has 0 spiro atoms. The lowest BCUT2D eigenvalue weighted by atomic mass is 10.0. The van der Waals surface area contributed by atoms with Crippen LogP contribution in [0, 0.1) is 0 Å². The van der Waals surface area contributed by atoms with Crippen LogP contribution in [-0.4, -0.2) is 33.6 Å². The number of ketones is 1. The van der Waals surface area contributed by atoms with E-state index in [1.54, 1.807) is 18.2 Å². The van der Waals surface area contributed by atoms with Gasteiger partial charge in [0.1, 0.15) is 11.4 Å². The van der Waals surface area contributed by atoms with Gasteiger partial charge in [0, 0.05) is 12.8 Å². The van der Waals surface area contributed by atoms with Gasteiger partial charge in [-0.05, 0) is 18.6 Å². The van der Waals surface area contributed by atoms with E-state index in [9.17, 15) is 14.4 Å². The Kier molecular flexibility index (Phi) is 4.53. The van der Waals surface area contributed by atoms with E-state index < -0.39 is 17.9 Å². The average Bonchev–Trinajstić information content (AvgIpc) is 2.60. The van der Waals surface area contributed by atoms with Gasteiger partial charge in [0.25, 0.3) is 0 Å². The van der Waals surface area contributed by atoms with Gasteiger partial charge in [-0.3, -0.25) is 14.4 Å². The van der Waals surface area contributed by atoms with Crippen molar-refractivity contribution in [3.05, 3.63) is 41.7 Å². The summed E-state index contributed by atoms with van der Waals surface area (Å²) in [5.74, 6) is -1.15. The van der Waals surface area contributed by atoms with E-state index in [2.05, 4.69) is 15.3 Å². The number of hydrogen-bond acceptors (Lipinski definition) is 6. The summed E-state index contributed by atoms with van der Waals surface area (Å²) in [6, 6.07) is 6.29. The Morgan fingerprint density at radius 2 is 1.80 bits per heavy atom. The smallest absolute Gasteiger partial charge is 0.241 e. The van der Waals surface area contributed by atoms with Gasteiger partial charge >= 0.3 is 0 Å². The number of carbonyl (C=O) groups excluding carboxylic acids is 3. The molecule has 0 bridgehead atoms. The van der Waals surface area contributed by atoms with Gasteiger partial charge in [-0.15, -0.1) is 0 Å². The molecule has 5 N–H and O–H groups in total. The molecule has 8 nitrogen and oxygen atoms in total. The third kappa shape index (κ3) is 3.53. The molecule has 0 fully saturated rings. The Bertz CT molecular complexity index is 906. The molecule has 1 heterocycles. The van der Waals surface area contributed by atoms with Crippen LogP contribution in [0.25, 0.3) is 16.7 Å². The van der Waals surface area contributed by atoms with E-state index in [4.69, 9.17) is 11.5 Å². The largest absolute Gasteiger partial charge is 0.370 e. The SMILES string of the molecule is NC(=O)CC[C@H](N)C(=O)NC1=CCC(=O)c2nc3ccccc3nc21. The quantitative estimate of drug-likeness (QED) is 0.714. The van der Waals surface area contributed by atoms with Gasteiger partial charge in [0.2, 0.25) is 11.8 Å². The van der Waals surface area contributed by atoms with Crippen LogP contribution in [0.2, 0.25) is 0 Å². The second kappa shape index (κ2) is 6.78. The van der Waals surface area contributed by atoms with Gasteiger partial charge < -0.3 is 16.8 Å². The molecule has 0 aliphatic heterocycles. The van der Waals surface area contributed by atoms with E-state index in [1.807, 2.05) is 12.1 Å². The van der Waals surface area contributed by atoms with Gasteiger partial charge in [-0.2, -0.15) is 0 Å². The summed E-state index contributed by atoms with van der Waals surface area (Å²) < 4.78 is 0. The van der Waals surface area contributed by atoms with E-state index in [-0.39, 0.29) is 30.7 Å². The van der Waals surface area contributed by atoms with Crippen LogP contribution in [0.3, 0.4) is 0 Å². The number of primary amides is 1. The fraction of sp³-hybridized carbons (Fsp3) is 0.235. The average molecular weight is 339 g/mol. The molecule has 25 heavy (non-hydrogen) atoms. The van der Waals surface area contributed by atoms with E-state index in [0.29, 0.717) is 22.4 Å². The normalized spacial score (nSPS) is 14.6. The molecule has 2 aromatic rings. The molecule has 0 saturated heterocycles. The maximum Gasteiger partial charge on any atom is 0.241 e. The Hall–Kier alpha value is -3.13. The molecule has 0 unspecified atom stereocenters. The van der Waals surface area contributed by atoms with Crippen molar-refractivity contribution in [2.24, 2.45) is 11.5 Å². The number of amides is 2. The minimum absolute atomic E-state index is 0.0210. The van der Waals surface area contributed by atoms with Crippen molar-refractivity contribution in [1.82, 2.24) is 15.3 Å². The first-order chi connectivity index (χ1) is 12.0. The molecule has 128 valence electrons. The summed E-state index contributed by atoms with van der Waals surface area (Å²) in [7, 11) is 0. The number of para-hydroxylation sites is 2. The second-order valence-electron chi connectivity index (χ2n) is 5.76. The summed E-state index contributed by atoms with van der Waals surface area (Å²) in [6.07, 6.45) is 1.87. The van der Waals surface area contributed by atoms with E-state index >= 15 is 0 Å². The highest BCUT2D eigenvalue weighted by molar-refractivity contribution is 6.05. The molecule has 1 aliphatic carbocycles. The lowest BCUT2D eigenvalue weighted by molar-refractivity contribution is -0.121. The summed E-state index contributed by atoms with van der Waals surface area (Å²) >= 11 is 0. The third-order valence-electron chi connectivity index (χ3n) is 3.88. The number of nitrogens with two attached hydrogens (primary N) is 2. The first-order valence-corrected chi connectivity index (χ1v) is 7.81. The highest BCUT2D eigenvalue weighted by Gasteiger charge is 2.25. The zero-order valence-electron chi connectivity index (χ0n) is 13.4. The number of Topliss-reactive ketones (excluding diaryl/α,β-unsaturated/α-hetero) is 1. The van der Waals surface area contributed by atoms with Crippen molar-refractivity contribution in [3.8, 4) is 0 Å². The minimum atomic E-state index is -0.886. The lowest BCUT2D eigenvalue weighted by Gasteiger charge is -2.18. The number of carbonyl (C=O) groups is 3. The minimum Gasteiger partial charge on any atom is -0.370 e. The summed E-state index contributed by atoms with van der Waals surface area (Å²) in [5, 5.41) is 2.67. The molecule has 1 aromatic heterocycles. The fourth-order valence-corrected chi connectivity index (χ4v) is 2.53. The van der Waals surface area contributed by atoms with Crippen LogP contribution in [0.4, 0.5) is 0 Å². The van der Waals surface area contributed by atoms with Crippen molar-refractivity contribution in [3.63, 3.8) is 0 Å². The number of allylic oxidation sites excluding steroid dienone is 1. The molecule has 1 aromatic carbocycles. The Balaban J connectivity index is 1.87. The predicted molar refractivity (Wildman–Crippen MR) is 91.0 cm³/mol. The zero-order chi connectivity index (χ0) is 18.0. The van der Waals surface area contributed by atoms with E-state index in [0.717, 1.165) is 0 Å². The molecule has 0 radical (unpaired) electrons. The molecule has 1 atom stereocenters. The van der Waals surface area contributed by atoms with Crippen LogP contribution in [0.1, 0.15) is 35.4 Å². The monoisotopic (exact) mass is 339 g/mol. The standard InChI is InChI=1S/C17H17N5O3/c18-9(5-8-14(19)24)17(25)22-12-6-7-13(23)16-15(12)20-10-3-1-2-4-11(10)21-16/h1-4,6,9H,5,7-8,18H2,(H2,19,24)(H,22,25)/t9-/m0/s1. The predicted octanol–water partition coefficient (Wildman–Crippen LogP) is 0.266. The number of nitrogens with one attached hydrogen (secondary N) is 1. The number of nitrogens with zero attached hydrogens (tertiary/aromatic N) is 2.